The quantitative estimate of drug-likeness (QED) is 0.513. The first-order valence-corrected chi connectivity index (χ1v) is 10.9. The second kappa shape index (κ2) is 10.5. The van der Waals surface area contributed by atoms with Crippen LogP contribution < -0.4 is 5.32 Å². The molecule has 0 bridgehead atoms. The first kappa shape index (κ1) is 23.5. The smallest absolute Gasteiger partial charge is 0.407 e. The summed E-state index contributed by atoms with van der Waals surface area (Å²) in [6.45, 7) is 10.2. The van der Waals surface area contributed by atoms with Gasteiger partial charge in [0.2, 0.25) is 0 Å². The van der Waals surface area contributed by atoms with Crippen LogP contribution >= 0.6 is 0 Å². The van der Waals surface area contributed by atoms with Crippen LogP contribution in [0.1, 0.15) is 38.3 Å². The van der Waals surface area contributed by atoms with Crippen molar-refractivity contribution in [2.24, 2.45) is 0 Å². The zero-order chi connectivity index (χ0) is 23.1. The van der Waals surface area contributed by atoms with Crippen molar-refractivity contribution in [2.45, 2.75) is 64.1 Å². The second-order valence-corrected chi connectivity index (χ2v) is 8.98. The molecule has 0 aliphatic carbocycles. The minimum absolute atomic E-state index is 0.182. The third-order valence-electron chi connectivity index (χ3n) is 5.32. The third-order valence-corrected chi connectivity index (χ3v) is 5.32. The van der Waals surface area contributed by atoms with E-state index in [0.29, 0.717) is 13.0 Å². The van der Waals surface area contributed by atoms with Gasteiger partial charge < -0.3 is 14.8 Å². The Kier molecular flexibility index (Phi) is 7.70. The first-order valence-electron chi connectivity index (χ1n) is 10.9. The first-order chi connectivity index (χ1) is 15.3. The molecule has 1 aliphatic heterocycles. The summed E-state index contributed by atoms with van der Waals surface area (Å²) < 4.78 is 11.1. The van der Waals surface area contributed by atoms with Gasteiger partial charge in [0.1, 0.15) is 18.2 Å². The van der Waals surface area contributed by atoms with Crippen LogP contribution in [-0.2, 0) is 27.4 Å². The van der Waals surface area contributed by atoms with Crippen molar-refractivity contribution in [1.29, 1.82) is 0 Å². The SMILES string of the molecule is C=C[C@@H]1[C@H](NC(=O)OCc2ccccc2)C[C@H](C(=O)OC(C)(C)C)N1Cc1ccccc1. The van der Waals surface area contributed by atoms with Crippen LogP contribution in [0.5, 0.6) is 0 Å². The maximum atomic E-state index is 13.0. The number of esters is 1. The average Bonchev–Trinajstić information content (AvgIpc) is 3.09. The lowest BCUT2D eigenvalue weighted by Crippen LogP contribution is -2.45. The van der Waals surface area contributed by atoms with E-state index in [1.807, 2.05) is 86.3 Å². The molecule has 0 spiro atoms. The Labute approximate surface area is 190 Å². The normalized spacial score (nSPS) is 21.0. The summed E-state index contributed by atoms with van der Waals surface area (Å²) in [5, 5.41) is 2.93. The Morgan fingerprint density at radius 3 is 2.22 bits per heavy atom. The van der Waals surface area contributed by atoms with Crippen LogP contribution in [0.4, 0.5) is 4.79 Å². The highest BCUT2D eigenvalue weighted by molar-refractivity contribution is 5.77. The number of carbonyl (C=O) groups excluding carboxylic acids is 2. The number of nitrogens with zero attached hydrogens (tertiary/aromatic N) is 1. The molecule has 170 valence electrons. The maximum Gasteiger partial charge on any atom is 0.407 e. The highest BCUT2D eigenvalue weighted by Crippen LogP contribution is 2.30. The number of amides is 1. The molecule has 0 aromatic heterocycles. The largest absolute Gasteiger partial charge is 0.459 e. The minimum Gasteiger partial charge on any atom is -0.459 e. The van der Waals surface area contributed by atoms with Gasteiger partial charge in [0, 0.05) is 12.6 Å². The van der Waals surface area contributed by atoms with Gasteiger partial charge in [-0.2, -0.15) is 0 Å². The van der Waals surface area contributed by atoms with E-state index >= 15 is 0 Å². The lowest BCUT2D eigenvalue weighted by Gasteiger charge is -2.30. The van der Waals surface area contributed by atoms with Crippen molar-refractivity contribution in [3.05, 3.63) is 84.4 Å². The third kappa shape index (κ3) is 6.44. The molecule has 32 heavy (non-hydrogen) atoms. The molecule has 2 aromatic carbocycles. The van der Waals surface area contributed by atoms with E-state index in [0.717, 1.165) is 11.1 Å². The topological polar surface area (TPSA) is 67.9 Å². The van der Waals surface area contributed by atoms with Crippen LogP contribution in [0, 0.1) is 0 Å². The predicted molar refractivity (Wildman–Crippen MR) is 124 cm³/mol. The van der Waals surface area contributed by atoms with Crippen LogP contribution in [0.15, 0.2) is 73.3 Å². The van der Waals surface area contributed by atoms with Crippen LogP contribution in [0.3, 0.4) is 0 Å². The fraction of sp³-hybridized carbons (Fsp3) is 0.385. The predicted octanol–water partition coefficient (Wildman–Crippen LogP) is 4.45. The highest BCUT2D eigenvalue weighted by Gasteiger charge is 2.45. The average molecular weight is 437 g/mol. The standard InChI is InChI=1S/C26H32N2O4/c1-5-22-21(27-25(30)31-18-20-14-10-7-11-15-20)16-23(24(29)32-26(2,3)4)28(22)17-19-12-8-6-9-13-19/h5-15,21-23H,1,16-18H2,2-4H3,(H,27,30)/t21-,22-,23-/m1/s1. The summed E-state index contributed by atoms with van der Waals surface area (Å²) in [5.41, 5.74) is 1.38. The molecule has 6 heteroatoms. The van der Waals surface area contributed by atoms with Crippen LogP contribution in [0.25, 0.3) is 0 Å². The van der Waals surface area contributed by atoms with Gasteiger partial charge in [-0.25, -0.2) is 4.79 Å². The van der Waals surface area contributed by atoms with Crippen molar-refractivity contribution >= 4 is 12.1 Å². The number of alkyl carbamates (subject to hydrolysis) is 1. The molecule has 1 saturated heterocycles. The molecule has 2 aromatic rings. The second-order valence-electron chi connectivity index (χ2n) is 8.98. The van der Waals surface area contributed by atoms with Gasteiger partial charge in [-0.15, -0.1) is 6.58 Å². The molecule has 0 saturated carbocycles. The van der Waals surface area contributed by atoms with E-state index in [1.165, 1.54) is 0 Å². The van der Waals surface area contributed by atoms with Crippen LogP contribution in [-0.4, -0.2) is 40.7 Å². The summed E-state index contributed by atoms with van der Waals surface area (Å²) >= 11 is 0. The van der Waals surface area contributed by atoms with E-state index < -0.39 is 17.7 Å². The fourth-order valence-electron chi connectivity index (χ4n) is 3.93. The van der Waals surface area contributed by atoms with E-state index in [9.17, 15) is 9.59 Å². The monoisotopic (exact) mass is 436 g/mol. The Hall–Kier alpha value is -3.12. The molecular weight excluding hydrogens is 404 g/mol. The fourth-order valence-corrected chi connectivity index (χ4v) is 3.93. The Morgan fingerprint density at radius 1 is 1.06 bits per heavy atom. The van der Waals surface area contributed by atoms with E-state index in [2.05, 4.69) is 11.9 Å². The molecule has 3 atom stereocenters. The number of likely N-dealkylation sites (tertiary alicyclic amines) is 1. The Balaban J connectivity index is 1.73. The molecule has 1 fully saturated rings. The lowest BCUT2D eigenvalue weighted by atomic mass is 10.1. The Morgan fingerprint density at radius 2 is 1.66 bits per heavy atom. The highest BCUT2D eigenvalue weighted by atomic mass is 16.6. The van der Waals surface area contributed by atoms with Crippen molar-refractivity contribution in [3.63, 3.8) is 0 Å². The number of ether oxygens (including phenoxy) is 2. The van der Waals surface area contributed by atoms with Gasteiger partial charge >= 0.3 is 12.1 Å². The number of nitrogens with one attached hydrogen (secondary N) is 1. The van der Waals surface area contributed by atoms with E-state index in [-0.39, 0.29) is 24.7 Å². The van der Waals surface area contributed by atoms with Gasteiger partial charge in [0.15, 0.2) is 0 Å². The molecule has 0 unspecified atom stereocenters. The summed E-state index contributed by atoms with van der Waals surface area (Å²) in [6.07, 6.45) is 1.67. The molecule has 1 amide bonds. The number of hydrogen-bond acceptors (Lipinski definition) is 5. The van der Waals surface area contributed by atoms with Gasteiger partial charge in [0.05, 0.1) is 6.04 Å². The lowest BCUT2D eigenvalue weighted by molar-refractivity contribution is -0.160. The van der Waals surface area contributed by atoms with Gasteiger partial charge in [-0.1, -0.05) is 66.7 Å². The molecular formula is C26H32N2O4. The molecule has 6 nitrogen and oxygen atoms in total. The summed E-state index contributed by atoms with van der Waals surface area (Å²) in [4.78, 5) is 27.6. The van der Waals surface area contributed by atoms with Gasteiger partial charge in [0.25, 0.3) is 0 Å². The number of benzene rings is 2. The number of rotatable bonds is 7. The maximum absolute atomic E-state index is 13.0. The zero-order valence-corrected chi connectivity index (χ0v) is 19.0. The molecule has 1 aliphatic rings. The van der Waals surface area contributed by atoms with Crippen LogP contribution in [0.2, 0.25) is 0 Å². The summed E-state index contributed by atoms with van der Waals surface area (Å²) in [5.74, 6) is -0.303. The van der Waals surface area contributed by atoms with E-state index in [1.54, 1.807) is 6.08 Å². The summed E-state index contributed by atoms with van der Waals surface area (Å²) in [6, 6.07) is 18.4. The number of hydrogen-bond donors (Lipinski definition) is 1. The minimum atomic E-state index is -0.598. The van der Waals surface area contributed by atoms with E-state index in [4.69, 9.17) is 9.47 Å². The zero-order valence-electron chi connectivity index (χ0n) is 19.0. The molecule has 1 heterocycles. The number of carbonyl (C=O) groups is 2. The molecule has 0 radical (unpaired) electrons. The Bertz CT molecular complexity index is 908. The molecule has 1 N–H and O–H groups in total. The van der Waals surface area contributed by atoms with Gasteiger partial charge in [-0.05, 0) is 38.3 Å². The van der Waals surface area contributed by atoms with Gasteiger partial charge in [-0.3, -0.25) is 9.69 Å². The molecule has 3 rings (SSSR count). The van der Waals surface area contributed by atoms with Crippen molar-refractivity contribution < 1.29 is 19.1 Å². The van der Waals surface area contributed by atoms with Crippen molar-refractivity contribution in [2.75, 3.05) is 0 Å². The van der Waals surface area contributed by atoms with Crippen molar-refractivity contribution in [3.8, 4) is 0 Å². The summed E-state index contributed by atoms with van der Waals surface area (Å²) in [7, 11) is 0. The van der Waals surface area contributed by atoms with Crippen molar-refractivity contribution in [1.82, 2.24) is 10.2 Å².